The third-order valence-corrected chi connectivity index (χ3v) is 2.95. The number of nitrogens with zero attached hydrogens (tertiary/aromatic N) is 1. The Labute approximate surface area is 91.1 Å². The first-order chi connectivity index (χ1) is 7.15. The average molecular weight is 221 g/mol. The van der Waals surface area contributed by atoms with Gasteiger partial charge < -0.3 is 11.1 Å². The first-order valence-corrected chi connectivity index (χ1v) is 5.36. The number of nitrogens with two attached hydrogens (primary N) is 1. The van der Waals surface area contributed by atoms with Gasteiger partial charge in [0.05, 0.1) is 16.8 Å². The number of hydrogen-bond donors (Lipinski definition) is 2. The third kappa shape index (κ3) is 2.24. The molecular formula is C10H11N3OS. The molecule has 2 aromatic rings. The molecule has 0 bridgehead atoms. The molecule has 0 saturated heterocycles. The topological polar surface area (TPSA) is 68.0 Å². The molecular weight excluding hydrogens is 210 g/mol. The molecule has 4 nitrogen and oxygen atoms in total. The zero-order chi connectivity index (χ0) is 10.8. The quantitative estimate of drug-likeness (QED) is 0.825. The molecule has 0 atom stereocenters. The molecule has 0 saturated carbocycles. The maximum absolute atomic E-state index is 10.6. The van der Waals surface area contributed by atoms with Crippen LogP contribution >= 0.6 is 11.3 Å². The largest absolute Gasteiger partial charge is 0.368 e. The van der Waals surface area contributed by atoms with Gasteiger partial charge in [0.2, 0.25) is 5.91 Å². The van der Waals surface area contributed by atoms with Crippen LogP contribution < -0.4 is 11.1 Å². The predicted molar refractivity (Wildman–Crippen MR) is 62.0 cm³/mol. The fourth-order valence-corrected chi connectivity index (χ4v) is 2.12. The Balaban J connectivity index is 2.27. The Morgan fingerprint density at radius 1 is 1.60 bits per heavy atom. The number of carbonyl (C=O) groups is 1. The molecule has 0 radical (unpaired) electrons. The molecule has 0 fully saturated rings. The second-order valence-corrected chi connectivity index (χ2v) is 4.34. The fraction of sp³-hybridized carbons (Fsp3) is 0.200. The van der Waals surface area contributed by atoms with Crippen molar-refractivity contribution in [3.63, 3.8) is 0 Å². The van der Waals surface area contributed by atoms with Crippen molar-refractivity contribution in [2.45, 2.75) is 6.92 Å². The zero-order valence-corrected chi connectivity index (χ0v) is 9.10. The summed E-state index contributed by atoms with van der Waals surface area (Å²) >= 11 is 1.52. The van der Waals surface area contributed by atoms with Crippen molar-refractivity contribution in [3.8, 4) is 0 Å². The molecule has 2 rings (SSSR count). The molecule has 0 spiro atoms. The van der Waals surface area contributed by atoms with E-state index in [2.05, 4.69) is 10.3 Å². The fourth-order valence-electron chi connectivity index (χ4n) is 1.28. The maximum Gasteiger partial charge on any atom is 0.236 e. The van der Waals surface area contributed by atoms with Crippen molar-refractivity contribution < 1.29 is 4.79 Å². The minimum atomic E-state index is -0.384. The van der Waals surface area contributed by atoms with Crippen molar-refractivity contribution in [3.05, 3.63) is 23.8 Å². The summed E-state index contributed by atoms with van der Waals surface area (Å²) in [4.78, 5) is 14.9. The number of amides is 1. The number of carbonyl (C=O) groups excluding carboxylic acids is 1. The van der Waals surface area contributed by atoms with Crippen LogP contribution in [0.5, 0.6) is 0 Å². The lowest BCUT2D eigenvalue weighted by Crippen LogP contribution is -2.21. The highest BCUT2D eigenvalue weighted by atomic mass is 32.1. The van der Waals surface area contributed by atoms with E-state index < -0.39 is 0 Å². The number of hydrogen-bond acceptors (Lipinski definition) is 4. The van der Waals surface area contributed by atoms with E-state index in [0.29, 0.717) is 0 Å². The number of primary amides is 1. The van der Waals surface area contributed by atoms with Gasteiger partial charge in [0, 0.05) is 0 Å². The van der Waals surface area contributed by atoms with Crippen LogP contribution in [0.3, 0.4) is 0 Å². The van der Waals surface area contributed by atoms with Crippen molar-refractivity contribution in [1.82, 2.24) is 4.98 Å². The molecule has 1 aromatic carbocycles. The third-order valence-electron chi connectivity index (χ3n) is 1.96. The number of rotatable bonds is 3. The number of fused-ring (bicyclic) bond motifs is 1. The van der Waals surface area contributed by atoms with Crippen molar-refractivity contribution in [2.75, 3.05) is 11.9 Å². The van der Waals surface area contributed by atoms with Gasteiger partial charge in [-0.25, -0.2) is 4.98 Å². The van der Waals surface area contributed by atoms with E-state index >= 15 is 0 Å². The maximum atomic E-state index is 10.6. The van der Waals surface area contributed by atoms with Crippen LogP contribution in [0.1, 0.15) is 5.56 Å². The highest BCUT2D eigenvalue weighted by molar-refractivity contribution is 7.22. The molecule has 0 aliphatic rings. The summed E-state index contributed by atoms with van der Waals surface area (Å²) < 4.78 is 1.10. The summed E-state index contributed by atoms with van der Waals surface area (Å²) in [7, 11) is 0. The van der Waals surface area contributed by atoms with Gasteiger partial charge in [-0.1, -0.05) is 17.4 Å². The number of thiazole rings is 1. The predicted octanol–water partition coefficient (Wildman–Crippen LogP) is 1.50. The summed E-state index contributed by atoms with van der Waals surface area (Å²) in [6.07, 6.45) is 0. The van der Waals surface area contributed by atoms with Crippen LogP contribution in [-0.2, 0) is 4.79 Å². The normalized spacial score (nSPS) is 10.5. The number of aryl methyl sites for hydroxylation is 1. The highest BCUT2D eigenvalue weighted by Crippen LogP contribution is 2.26. The molecule has 1 aromatic heterocycles. The van der Waals surface area contributed by atoms with Crippen LogP contribution in [0.25, 0.3) is 10.2 Å². The first kappa shape index (κ1) is 9.92. The Kier molecular flexibility index (Phi) is 2.55. The van der Waals surface area contributed by atoms with E-state index in [0.717, 1.165) is 15.3 Å². The monoisotopic (exact) mass is 221 g/mol. The molecule has 0 unspecified atom stereocenters. The average Bonchev–Trinajstić information content (AvgIpc) is 2.56. The number of nitrogens with one attached hydrogen (secondary N) is 1. The van der Waals surface area contributed by atoms with E-state index in [1.54, 1.807) is 0 Å². The second-order valence-electron chi connectivity index (χ2n) is 3.31. The van der Waals surface area contributed by atoms with Gasteiger partial charge in [0.1, 0.15) is 0 Å². The first-order valence-electron chi connectivity index (χ1n) is 4.54. The Hall–Kier alpha value is -1.62. The Morgan fingerprint density at radius 3 is 3.13 bits per heavy atom. The number of anilines is 1. The molecule has 78 valence electrons. The van der Waals surface area contributed by atoms with Crippen LogP contribution in [-0.4, -0.2) is 17.4 Å². The van der Waals surface area contributed by atoms with Crippen LogP contribution in [0.4, 0.5) is 5.13 Å². The van der Waals surface area contributed by atoms with Gasteiger partial charge in [-0.15, -0.1) is 0 Å². The standard InChI is InChI=1S/C10H11N3OS/c1-6-2-3-8-7(4-6)13-10(15-8)12-5-9(11)14/h2-4H,5H2,1H3,(H2,11,14)(H,12,13). The van der Waals surface area contributed by atoms with E-state index in [-0.39, 0.29) is 12.5 Å². The van der Waals surface area contributed by atoms with Crippen molar-refractivity contribution >= 4 is 32.6 Å². The number of benzene rings is 1. The summed E-state index contributed by atoms with van der Waals surface area (Å²) in [5.41, 5.74) is 7.16. The van der Waals surface area contributed by atoms with Crippen molar-refractivity contribution in [2.24, 2.45) is 5.73 Å². The summed E-state index contributed by atoms with van der Waals surface area (Å²) in [5, 5.41) is 3.62. The molecule has 0 aliphatic heterocycles. The van der Waals surface area contributed by atoms with Gasteiger partial charge in [-0.05, 0) is 24.6 Å². The van der Waals surface area contributed by atoms with Crippen LogP contribution in [0, 0.1) is 6.92 Å². The van der Waals surface area contributed by atoms with Gasteiger partial charge in [-0.3, -0.25) is 4.79 Å². The highest BCUT2D eigenvalue weighted by Gasteiger charge is 2.03. The van der Waals surface area contributed by atoms with E-state index in [9.17, 15) is 4.79 Å². The molecule has 5 heteroatoms. The lowest BCUT2D eigenvalue weighted by molar-refractivity contribution is -0.116. The smallest absolute Gasteiger partial charge is 0.236 e. The van der Waals surface area contributed by atoms with E-state index in [1.807, 2.05) is 25.1 Å². The molecule has 1 heterocycles. The minimum Gasteiger partial charge on any atom is -0.368 e. The molecule has 3 N–H and O–H groups in total. The van der Waals surface area contributed by atoms with Gasteiger partial charge in [-0.2, -0.15) is 0 Å². The minimum absolute atomic E-state index is 0.124. The van der Waals surface area contributed by atoms with Gasteiger partial charge in [0.15, 0.2) is 5.13 Å². The summed E-state index contributed by atoms with van der Waals surface area (Å²) in [6, 6.07) is 6.08. The molecule has 1 amide bonds. The Morgan fingerprint density at radius 2 is 2.40 bits per heavy atom. The number of aromatic nitrogens is 1. The second kappa shape index (κ2) is 3.86. The van der Waals surface area contributed by atoms with Crippen LogP contribution in [0.2, 0.25) is 0 Å². The lowest BCUT2D eigenvalue weighted by atomic mass is 10.2. The Bertz CT molecular complexity index is 506. The summed E-state index contributed by atoms with van der Waals surface area (Å²) in [5.74, 6) is -0.384. The molecule has 0 aliphatic carbocycles. The van der Waals surface area contributed by atoms with Crippen molar-refractivity contribution in [1.29, 1.82) is 0 Å². The van der Waals surface area contributed by atoms with Gasteiger partial charge in [0.25, 0.3) is 0 Å². The summed E-state index contributed by atoms with van der Waals surface area (Å²) in [6.45, 7) is 2.15. The van der Waals surface area contributed by atoms with Crippen LogP contribution in [0.15, 0.2) is 18.2 Å². The molecule has 15 heavy (non-hydrogen) atoms. The zero-order valence-electron chi connectivity index (χ0n) is 8.28. The van der Waals surface area contributed by atoms with E-state index in [4.69, 9.17) is 5.73 Å². The van der Waals surface area contributed by atoms with Gasteiger partial charge >= 0.3 is 0 Å². The van der Waals surface area contributed by atoms with E-state index in [1.165, 1.54) is 16.9 Å². The SMILES string of the molecule is Cc1ccc2sc(NCC(N)=O)nc2c1. The lowest BCUT2D eigenvalue weighted by Gasteiger charge is -1.95.